The number of fused-ring (bicyclic) bond motifs is 1. The van der Waals surface area contributed by atoms with Crippen molar-refractivity contribution in [3.8, 4) is 5.75 Å². The lowest BCUT2D eigenvalue weighted by Gasteiger charge is -2.07. The van der Waals surface area contributed by atoms with Gasteiger partial charge in [-0.05, 0) is 35.8 Å². The Kier molecular flexibility index (Phi) is 3.71. The number of benzene rings is 1. The Morgan fingerprint density at radius 3 is 3.00 bits per heavy atom. The molecular formula is C15H17NO4S. The van der Waals surface area contributed by atoms with Crippen molar-refractivity contribution in [3.63, 3.8) is 0 Å². The van der Waals surface area contributed by atoms with Gasteiger partial charge in [0.05, 0.1) is 18.1 Å². The number of carbonyl (C=O) groups is 1. The van der Waals surface area contributed by atoms with Crippen molar-refractivity contribution >= 4 is 21.8 Å². The summed E-state index contributed by atoms with van der Waals surface area (Å²) in [4.78, 5) is 11.8. The van der Waals surface area contributed by atoms with Crippen LogP contribution >= 0.6 is 0 Å². The summed E-state index contributed by atoms with van der Waals surface area (Å²) >= 11 is 0. The van der Waals surface area contributed by atoms with Gasteiger partial charge in [-0.2, -0.15) is 0 Å². The molecule has 0 aliphatic carbocycles. The maximum atomic E-state index is 11.8. The van der Waals surface area contributed by atoms with Gasteiger partial charge in [-0.1, -0.05) is 6.07 Å². The number of hydrogen-bond donors (Lipinski definition) is 1. The zero-order chi connectivity index (χ0) is 14.9. The number of sulfone groups is 1. The summed E-state index contributed by atoms with van der Waals surface area (Å²) in [5.74, 6) is 0.858. The molecule has 1 N–H and O–H groups in total. The van der Waals surface area contributed by atoms with Gasteiger partial charge >= 0.3 is 0 Å². The van der Waals surface area contributed by atoms with E-state index >= 15 is 0 Å². The average Bonchev–Trinajstić information content (AvgIpc) is 3.02. The molecule has 112 valence electrons. The second-order valence-electron chi connectivity index (χ2n) is 5.41. The van der Waals surface area contributed by atoms with E-state index in [9.17, 15) is 13.2 Å². The zero-order valence-corrected chi connectivity index (χ0v) is 12.4. The summed E-state index contributed by atoms with van der Waals surface area (Å²) in [6.45, 7) is 0.707. The highest BCUT2D eigenvalue weighted by atomic mass is 32.2. The molecule has 0 radical (unpaired) electrons. The minimum Gasteiger partial charge on any atom is -0.493 e. The molecule has 1 aromatic carbocycles. The zero-order valence-electron chi connectivity index (χ0n) is 11.5. The van der Waals surface area contributed by atoms with E-state index in [2.05, 4.69) is 5.32 Å². The molecule has 0 bridgehead atoms. The number of hydrogen-bond acceptors (Lipinski definition) is 4. The summed E-state index contributed by atoms with van der Waals surface area (Å²) in [6, 6.07) is 5.55. The fourth-order valence-corrected chi connectivity index (χ4v) is 4.31. The maximum absolute atomic E-state index is 11.8. The fourth-order valence-electron chi connectivity index (χ4n) is 2.64. The van der Waals surface area contributed by atoms with Gasteiger partial charge in [0.15, 0.2) is 9.84 Å². The normalized spacial score (nSPS) is 23.0. The third-order valence-electron chi connectivity index (χ3n) is 3.72. The molecule has 2 heterocycles. The summed E-state index contributed by atoms with van der Waals surface area (Å²) in [7, 11) is -2.97. The summed E-state index contributed by atoms with van der Waals surface area (Å²) < 4.78 is 28.1. The van der Waals surface area contributed by atoms with Crippen LogP contribution in [-0.4, -0.2) is 38.5 Å². The van der Waals surface area contributed by atoms with Crippen LogP contribution < -0.4 is 10.1 Å². The van der Waals surface area contributed by atoms with Gasteiger partial charge in [-0.15, -0.1) is 0 Å². The van der Waals surface area contributed by atoms with Crippen LogP contribution in [-0.2, 0) is 21.1 Å². The van der Waals surface area contributed by atoms with E-state index in [-0.39, 0.29) is 23.5 Å². The summed E-state index contributed by atoms with van der Waals surface area (Å²) in [6.07, 6.45) is 4.57. The van der Waals surface area contributed by atoms with Gasteiger partial charge in [0.1, 0.15) is 5.75 Å². The lowest BCUT2D eigenvalue weighted by atomic mass is 10.1. The molecule has 2 aliphatic heterocycles. The Morgan fingerprint density at radius 1 is 1.38 bits per heavy atom. The monoisotopic (exact) mass is 307 g/mol. The van der Waals surface area contributed by atoms with Gasteiger partial charge in [0.25, 0.3) is 0 Å². The van der Waals surface area contributed by atoms with Crippen molar-refractivity contribution in [2.75, 3.05) is 18.1 Å². The van der Waals surface area contributed by atoms with E-state index in [4.69, 9.17) is 4.74 Å². The van der Waals surface area contributed by atoms with Crippen LogP contribution in [0.15, 0.2) is 24.3 Å². The summed E-state index contributed by atoms with van der Waals surface area (Å²) in [5.41, 5.74) is 2.09. The number of carbonyl (C=O) groups excluding carboxylic acids is 1. The Balaban J connectivity index is 1.60. The van der Waals surface area contributed by atoms with Crippen LogP contribution in [0.3, 0.4) is 0 Å². The van der Waals surface area contributed by atoms with Gasteiger partial charge in [0, 0.05) is 18.5 Å². The second kappa shape index (κ2) is 5.52. The smallest absolute Gasteiger partial charge is 0.244 e. The quantitative estimate of drug-likeness (QED) is 0.844. The molecule has 5 nitrogen and oxygen atoms in total. The Hall–Kier alpha value is -1.82. The van der Waals surface area contributed by atoms with Crippen molar-refractivity contribution in [1.82, 2.24) is 5.32 Å². The van der Waals surface area contributed by atoms with Crippen LogP contribution in [0, 0.1) is 0 Å². The third-order valence-corrected chi connectivity index (χ3v) is 5.49. The van der Waals surface area contributed by atoms with Crippen LogP contribution in [0.4, 0.5) is 0 Å². The Bertz CT molecular complexity index is 694. The number of amides is 1. The van der Waals surface area contributed by atoms with Crippen LogP contribution in [0.2, 0.25) is 0 Å². The van der Waals surface area contributed by atoms with E-state index in [0.717, 1.165) is 23.3 Å². The minimum absolute atomic E-state index is 0.0444. The first-order valence-corrected chi connectivity index (χ1v) is 8.79. The van der Waals surface area contributed by atoms with Crippen LogP contribution in [0.25, 0.3) is 6.08 Å². The number of ether oxygens (including phenoxy) is 1. The molecule has 0 aromatic heterocycles. The first kappa shape index (κ1) is 14.1. The summed E-state index contributed by atoms with van der Waals surface area (Å²) in [5, 5.41) is 2.73. The predicted molar refractivity (Wildman–Crippen MR) is 79.9 cm³/mol. The molecule has 3 rings (SSSR count). The van der Waals surface area contributed by atoms with Crippen molar-refractivity contribution < 1.29 is 17.9 Å². The molecule has 1 saturated heterocycles. The van der Waals surface area contributed by atoms with Crippen molar-refractivity contribution in [3.05, 3.63) is 35.4 Å². The largest absolute Gasteiger partial charge is 0.493 e. The molecule has 6 heteroatoms. The molecule has 1 amide bonds. The highest BCUT2D eigenvalue weighted by molar-refractivity contribution is 7.91. The lowest BCUT2D eigenvalue weighted by Crippen LogP contribution is -2.34. The first-order valence-electron chi connectivity index (χ1n) is 6.97. The topological polar surface area (TPSA) is 72.5 Å². The standard InChI is InChI=1S/C15H17NO4S/c17-15(16-13-6-8-21(18,19)10-13)4-2-11-1-3-14-12(9-11)5-7-20-14/h1-4,9,13H,5-8,10H2,(H,16,17)/b4-2+/t13-/m1/s1. The molecule has 1 aromatic rings. The highest BCUT2D eigenvalue weighted by Crippen LogP contribution is 2.26. The molecule has 0 spiro atoms. The lowest BCUT2D eigenvalue weighted by molar-refractivity contribution is -0.116. The van der Waals surface area contributed by atoms with Crippen molar-refractivity contribution in [2.24, 2.45) is 0 Å². The highest BCUT2D eigenvalue weighted by Gasteiger charge is 2.28. The van der Waals surface area contributed by atoms with E-state index < -0.39 is 9.84 Å². The molecule has 21 heavy (non-hydrogen) atoms. The van der Waals surface area contributed by atoms with Gasteiger partial charge < -0.3 is 10.1 Å². The number of nitrogens with one attached hydrogen (secondary N) is 1. The predicted octanol–water partition coefficient (Wildman–Crippen LogP) is 0.938. The molecule has 0 saturated carbocycles. The van der Waals surface area contributed by atoms with E-state index in [0.29, 0.717) is 13.0 Å². The maximum Gasteiger partial charge on any atom is 0.244 e. The third kappa shape index (κ3) is 3.44. The van der Waals surface area contributed by atoms with Crippen LogP contribution in [0.1, 0.15) is 17.5 Å². The average molecular weight is 307 g/mol. The first-order chi connectivity index (χ1) is 10.0. The van der Waals surface area contributed by atoms with Gasteiger partial charge in [-0.3, -0.25) is 4.79 Å². The fraction of sp³-hybridized carbons (Fsp3) is 0.400. The van der Waals surface area contributed by atoms with Crippen molar-refractivity contribution in [2.45, 2.75) is 18.9 Å². The number of rotatable bonds is 3. The Morgan fingerprint density at radius 2 is 2.24 bits per heavy atom. The van der Waals surface area contributed by atoms with Crippen LogP contribution in [0.5, 0.6) is 5.75 Å². The molecule has 2 aliphatic rings. The second-order valence-corrected chi connectivity index (χ2v) is 7.64. The van der Waals surface area contributed by atoms with Gasteiger partial charge in [0.2, 0.25) is 5.91 Å². The molecule has 1 atom stereocenters. The molecule has 1 fully saturated rings. The van der Waals surface area contributed by atoms with E-state index in [1.54, 1.807) is 6.08 Å². The van der Waals surface area contributed by atoms with E-state index in [1.165, 1.54) is 6.08 Å². The minimum atomic E-state index is -2.97. The SMILES string of the molecule is O=C(/C=C/c1ccc2c(c1)CCO2)N[C@@H]1CCS(=O)(=O)C1. The Labute approximate surface area is 123 Å². The van der Waals surface area contributed by atoms with Gasteiger partial charge in [-0.25, -0.2) is 8.42 Å². The van der Waals surface area contributed by atoms with Crippen molar-refractivity contribution in [1.29, 1.82) is 0 Å². The molecular weight excluding hydrogens is 290 g/mol. The van der Waals surface area contributed by atoms with E-state index in [1.807, 2.05) is 18.2 Å². The molecule has 0 unspecified atom stereocenters.